The largest absolute Gasteiger partial charge is 0.417 e. The highest BCUT2D eigenvalue weighted by Gasteiger charge is 2.50. The topological polar surface area (TPSA) is 49.3 Å². The molecule has 1 aromatic rings. The van der Waals surface area contributed by atoms with E-state index in [0.29, 0.717) is 12.5 Å². The van der Waals surface area contributed by atoms with Crippen molar-refractivity contribution in [2.24, 2.45) is 0 Å². The third kappa shape index (κ3) is 4.51. The second-order valence-electron chi connectivity index (χ2n) is 4.35. The molecule has 106 valence electrons. The van der Waals surface area contributed by atoms with Crippen LogP contribution in [0.5, 0.6) is 0 Å². The molecule has 0 heterocycles. The fraction of sp³-hybridized carbons (Fsp3) is 0.417. The standard InChI is InChI=1S/C12H13F4NO2/c1-11(19,12(14,15)16)6-10(18)17-7-8-2-4-9(13)5-3-8/h2-5,19H,6-7H2,1H3,(H,17,18). The minimum absolute atomic E-state index is 0.0347. The summed E-state index contributed by atoms with van der Waals surface area (Å²) in [5, 5.41) is 11.3. The summed E-state index contributed by atoms with van der Waals surface area (Å²) in [7, 11) is 0. The van der Waals surface area contributed by atoms with Gasteiger partial charge in [0.2, 0.25) is 5.91 Å². The van der Waals surface area contributed by atoms with E-state index in [2.05, 4.69) is 5.32 Å². The Morgan fingerprint density at radius 1 is 1.26 bits per heavy atom. The molecule has 0 aliphatic heterocycles. The highest BCUT2D eigenvalue weighted by atomic mass is 19.4. The van der Waals surface area contributed by atoms with Crippen LogP contribution in [0, 0.1) is 5.82 Å². The number of aliphatic hydroxyl groups is 1. The number of benzene rings is 1. The van der Waals surface area contributed by atoms with Gasteiger partial charge in [-0.2, -0.15) is 13.2 Å². The minimum Gasteiger partial charge on any atom is -0.380 e. The Hall–Kier alpha value is -1.63. The number of carbonyl (C=O) groups excluding carboxylic acids is 1. The number of halogens is 4. The third-order valence-electron chi connectivity index (χ3n) is 2.52. The summed E-state index contributed by atoms with van der Waals surface area (Å²) in [4.78, 5) is 11.3. The first-order chi connectivity index (χ1) is 8.62. The first-order valence-electron chi connectivity index (χ1n) is 5.42. The molecule has 1 rings (SSSR count). The number of carbonyl (C=O) groups is 1. The monoisotopic (exact) mass is 279 g/mol. The van der Waals surface area contributed by atoms with Crippen LogP contribution in [-0.4, -0.2) is 22.8 Å². The van der Waals surface area contributed by atoms with Crippen molar-refractivity contribution >= 4 is 5.91 Å². The van der Waals surface area contributed by atoms with Gasteiger partial charge in [-0.3, -0.25) is 4.79 Å². The number of rotatable bonds is 4. The van der Waals surface area contributed by atoms with Gasteiger partial charge in [0.15, 0.2) is 5.60 Å². The van der Waals surface area contributed by atoms with Crippen LogP contribution in [0.25, 0.3) is 0 Å². The van der Waals surface area contributed by atoms with E-state index in [1.165, 1.54) is 24.3 Å². The maximum Gasteiger partial charge on any atom is 0.417 e. The molecule has 1 unspecified atom stereocenters. The van der Waals surface area contributed by atoms with E-state index in [9.17, 15) is 22.4 Å². The smallest absolute Gasteiger partial charge is 0.380 e. The van der Waals surface area contributed by atoms with Crippen molar-refractivity contribution in [3.05, 3.63) is 35.6 Å². The Bertz CT molecular complexity index is 440. The lowest BCUT2D eigenvalue weighted by Gasteiger charge is -2.25. The Kier molecular flexibility index (Phi) is 4.52. The number of amides is 1. The van der Waals surface area contributed by atoms with E-state index < -0.39 is 29.9 Å². The normalized spacial score (nSPS) is 14.8. The highest BCUT2D eigenvalue weighted by molar-refractivity contribution is 5.77. The van der Waals surface area contributed by atoms with Crippen LogP contribution < -0.4 is 5.32 Å². The van der Waals surface area contributed by atoms with Gasteiger partial charge in [-0.15, -0.1) is 0 Å². The van der Waals surface area contributed by atoms with Crippen molar-refractivity contribution in [2.45, 2.75) is 31.7 Å². The Morgan fingerprint density at radius 2 is 1.79 bits per heavy atom. The molecule has 7 heteroatoms. The average molecular weight is 279 g/mol. The number of hydrogen-bond donors (Lipinski definition) is 2. The molecule has 0 fully saturated rings. The molecule has 19 heavy (non-hydrogen) atoms. The van der Waals surface area contributed by atoms with Crippen LogP contribution in [-0.2, 0) is 11.3 Å². The lowest BCUT2D eigenvalue weighted by molar-refractivity contribution is -0.253. The first-order valence-corrected chi connectivity index (χ1v) is 5.42. The van der Waals surface area contributed by atoms with Crippen molar-refractivity contribution in [3.63, 3.8) is 0 Å². The highest BCUT2D eigenvalue weighted by Crippen LogP contribution is 2.32. The molecule has 0 saturated carbocycles. The summed E-state index contributed by atoms with van der Waals surface area (Å²) in [6.07, 6.45) is -5.96. The molecule has 1 amide bonds. The predicted octanol–water partition coefficient (Wildman–Crippen LogP) is 2.15. The summed E-state index contributed by atoms with van der Waals surface area (Å²) in [5.41, 5.74) is -2.53. The maximum absolute atomic E-state index is 12.6. The lowest BCUT2D eigenvalue weighted by Crippen LogP contribution is -2.46. The van der Waals surface area contributed by atoms with E-state index >= 15 is 0 Å². The van der Waals surface area contributed by atoms with Crippen molar-refractivity contribution in [1.29, 1.82) is 0 Å². The van der Waals surface area contributed by atoms with Crippen molar-refractivity contribution in [3.8, 4) is 0 Å². The number of nitrogens with one attached hydrogen (secondary N) is 1. The van der Waals surface area contributed by atoms with Crippen LogP contribution in [0.15, 0.2) is 24.3 Å². The Labute approximate surface area is 107 Å². The lowest BCUT2D eigenvalue weighted by atomic mass is 10.0. The summed E-state index contributed by atoms with van der Waals surface area (Å²) in [6, 6.07) is 5.15. The molecule has 0 spiro atoms. The van der Waals surface area contributed by atoms with Crippen LogP contribution in [0.2, 0.25) is 0 Å². The molecule has 0 aliphatic rings. The van der Waals surface area contributed by atoms with Crippen LogP contribution in [0.1, 0.15) is 18.9 Å². The molecule has 0 radical (unpaired) electrons. The molecule has 0 aliphatic carbocycles. The van der Waals surface area contributed by atoms with Crippen molar-refractivity contribution in [1.82, 2.24) is 5.32 Å². The zero-order chi connectivity index (χ0) is 14.7. The summed E-state index contributed by atoms with van der Waals surface area (Å²) < 4.78 is 49.6. The van der Waals surface area contributed by atoms with E-state index in [1.54, 1.807) is 0 Å². The van der Waals surface area contributed by atoms with Crippen LogP contribution >= 0.6 is 0 Å². The van der Waals surface area contributed by atoms with Gasteiger partial charge in [0.05, 0.1) is 6.42 Å². The second-order valence-corrected chi connectivity index (χ2v) is 4.35. The van der Waals surface area contributed by atoms with Gasteiger partial charge >= 0.3 is 6.18 Å². The second kappa shape index (κ2) is 5.56. The van der Waals surface area contributed by atoms with Crippen molar-refractivity contribution < 1.29 is 27.5 Å². The first kappa shape index (κ1) is 15.4. The SMILES string of the molecule is CC(O)(CC(=O)NCc1ccc(F)cc1)C(F)(F)F. The minimum atomic E-state index is -4.87. The molecule has 1 atom stereocenters. The van der Waals surface area contributed by atoms with Crippen LogP contribution in [0.3, 0.4) is 0 Å². The van der Waals surface area contributed by atoms with Gasteiger partial charge in [0.1, 0.15) is 5.82 Å². The van der Waals surface area contributed by atoms with Gasteiger partial charge in [0, 0.05) is 6.54 Å². The summed E-state index contributed by atoms with van der Waals surface area (Å²) >= 11 is 0. The Balaban J connectivity index is 2.51. The third-order valence-corrected chi connectivity index (χ3v) is 2.52. The molecule has 2 N–H and O–H groups in total. The quantitative estimate of drug-likeness (QED) is 0.830. The molecule has 0 bridgehead atoms. The molecule has 1 aromatic carbocycles. The number of hydrogen-bond acceptors (Lipinski definition) is 2. The fourth-order valence-electron chi connectivity index (χ4n) is 1.28. The van der Waals surface area contributed by atoms with Crippen LogP contribution in [0.4, 0.5) is 17.6 Å². The van der Waals surface area contributed by atoms with E-state index in [0.717, 1.165) is 0 Å². The van der Waals surface area contributed by atoms with Gasteiger partial charge in [-0.1, -0.05) is 12.1 Å². The van der Waals surface area contributed by atoms with E-state index in [4.69, 9.17) is 5.11 Å². The average Bonchev–Trinajstić information content (AvgIpc) is 2.26. The van der Waals surface area contributed by atoms with Gasteiger partial charge in [0.25, 0.3) is 0 Å². The number of alkyl halides is 3. The molecule has 3 nitrogen and oxygen atoms in total. The molecule has 0 aromatic heterocycles. The van der Waals surface area contributed by atoms with Gasteiger partial charge in [-0.05, 0) is 24.6 Å². The Morgan fingerprint density at radius 3 is 2.26 bits per heavy atom. The zero-order valence-corrected chi connectivity index (χ0v) is 10.1. The fourth-order valence-corrected chi connectivity index (χ4v) is 1.28. The summed E-state index contributed by atoms with van der Waals surface area (Å²) in [6.45, 7) is 0.498. The predicted molar refractivity (Wildman–Crippen MR) is 59.5 cm³/mol. The van der Waals surface area contributed by atoms with Gasteiger partial charge in [-0.25, -0.2) is 4.39 Å². The van der Waals surface area contributed by atoms with E-state index in [-0.39, 0.29) is 6.54 Å². The maximum atomic E-state index is 12.6. The van der Waals surface area contributed by atoms with Gasteiger partial charge < -0.3 is 10.4 Å². The van der Waals surface area contributed by atoms with E-state index in [1.807, 2.05) is 0 Å². The zero-order valence-electron chi connectivity index (χ0n) is 10.1. The summed E-state index contributed by atoms with van der Waals surface area (Å²) in [5.74, 6) is -1.39. The molecular formula is C12H13F4NO2. The molecule has 0 saturated heterocycles. The molecular weight excluding hydrogens is 266 g/mol. The van der Waals surface area contributed by atoms with Crippen molar-refractivity contribution in [2.75, 3.05) is 0 Å².